The molecule has 0 aliphatic carbocycles. The standard InChI is InChI=1S/C11H9FN2O2/c1-16-11-13-5-8(6-14-11)7-2-9(12)4-10(15)3-7/h2-6,15H,1H3. The Bertz CT molecular complexity index is 480. The largest absolute Gasteiger partial charge is 0.508 e. The van der Waals surface area contributed by atoms with E-state index in [9.17, 15) is 9.50 Å². The molecule has 0 saturated carbocycles. The summed E-state index contributed by atoms with van der Waals surface area (Å²) >= 11 is 0. The number of aromatic hydroxyl groups is 1. The van der Waals surface area contributed by atoms with Gasteiger partial charge in [0.05, 0.1) is 7.11 Å². The van der Waals surface area contributed by atoms with Crippen LogP contribution in [0.5, 0.6) is 11.8 Å². The van der Waals surface area contributed by atoms with Gasteiger partial charge in [0.2, 0.25) is 0 Å². The van der Waals surface area contributed by atoms with Gasteiger partial charge in [-0.3, -0.25) is 0 Å². The zero-order valence-corrected chi connectivity index (χ0v) is 8.51. The SMILES string of the molecule is COc1ncc(-c2cc(O)cc(F)c2)cn1. The van der Waals surface area contributed by atoms with E-state index in [4.69, 9.17) is 4.74 Å². The van der Waals surface area contributed by atoms with Crippen molar-refractivity contribution in [2.24, 2.45) is 0 Å². The summed E-state index contributed by atoms with van der Waals surface area (Å²) in [4.78, 5) is 7.79. The fraction of sp³-hybridized carbons (Fsp3) is 0.0909. The fourth-order valence-corrected chi connectivity index (χ4v) is 1.31. The molecule has 16 heavy (non-hydrogen) atoms. The third kappa shape index (κ3) is 2.08. The summed E-state index contributed by atoms with van der Waals surface area (Å²) < 4.78 is 17.8. The number of halogens is 1. The van der Waals surface area contributed by atoms with Crippen LogP contribution >= 0.6 is 0 Å². The van der Waals surface area contributed by atoms with Crippen LogP contribution in [0.4, 0.5) is 4.39 Å². The van der Waals surface area contributed by atoms with Crippen LogP contribution in [-0.2, 0) is 0 Å². The molecule has 0 aliphatic heterocycles. The summed E-state index contributed by atoms with van der Waals surface area (Å²) in [6.07, 6.45) is 3.00. The van der Waals surface area contributed by atoms with Gasteiger partial charge in [0.15, 0.2) is 0 Å². The van der Waals surface area contributed by atoms with E-state index in [-0.39, 0.29) is 11.8 Å². The Hall–Kier alpha value is -2.17. The van der Waals surface area contributed by atoms with Crippen LogP contribution in [0.15, 0.2) is 30.6 Å². The van der Waals surface area contributed by atoms with Crippen molar-refractivity contribution in [1.82, 2.24) is 9.97 Å². The molecule has 1 N–H and O–H groups in total. The average Bonchev–Trinajstić information content (AvgIpc) is 2.28. The van der Waals surface area contributed by atoms with Crippen LogP contribution in [-0.4, -0.2) is 22.2 Å². The third-order valence-electron chi connectivity index (χ3n) is 2.03. The van der Waals surface area contributed by atoms with Crippen LogP contribution in [0, 0.1) is 5.82 Å². The Labute approximate surface area is 91.4 Å². The first-order chi connectivity index (χ1) is 7.69. The van der Waals surface area contributed by atoms with Crippen molar-refractivity contribution in [2.75, 3.05) is 7.11 Å². The van der Waals surface area contributed by atoms with E-state index < -0.39 is 5.82 Å². The maximum atomic E-state index is 13.0. The smallest absolute Gasteiger partial charge is 0.316 e. The highest BCUT2D eigenvalue weighted by Crippen LogP contribution is 2.24. The Balaban J connectivity index is 2.42. The highest BCUT2D eigenvalue weighted by Gasteiger charge is 2.04. The number of hydrogen-bond donors (Lipinski definition) is 1. The first-order valence-electron chi connectivity index (χ1n) is 4.55. The topological polar surface area (TPSA) is 55.2 Å². The summed E-state index contributed by atoms with van der Waals surface area (Å²) in [6, 6.07) is 4.01. The first-order valence-corrected chi connectivity index (χ1v) is 4.55. The van der Waals surface area contributed by atoms with Crippen LogP contribution < -0.4 is 4.74 Å². The van der Waals surface area contributed by atoms with Crippen molar-refractivity contribution < 1.29 is 14.2 Å². The van der Waals surface area contributed by atoms with Gasteiger partial charge in [0.25, 0.3) is 0 Å². The molecule has 1 aromatic carbocycles. The Morgan fingerprint density at radius 3 is 2.38 bits per heavy atom. The summed E-state index contributed by atoms with van der Waals surface area (Å²) in [7, 11) is 1.46. The molecule has 0 unspecified atom stereocenters. The van der Waals surface area contributed by atoms with E-state index in [1.54, 1.807) is 0 Å². The second-order valence-corrected chi connectivity index (χ2v) is 3.16. The number of hydrogen-bond acceptors (Lipinski definition) is 4. The number of benzene rings is 1. The van der Waals surface area contributed by atoms with Gasteiger partial charge in [0, 0.05) is 24.0 Å². The van der Waals surface area contributed by atoms with Gasteiger partial charge in [-0.15, -0.1) is 0 Å². The van der Waals surface area contributed by atoms with E-state index >= 15 is 0 Å². The molecular weight excluding hydrogens is 211 g/mol. The third-order valence-corrected chi connectivity index (χ3v) is 2.03. The number of aromatic nitrogens is 2. The highest BCUT2D eigenvalue weighted by atomic mass is 19.1. The number of phenolic OH excluding ortho intramolecular Hbond substituents is 1. The van der Waals surface area contributed by atoms with E-state index in [0.29, 0.717) is 11.1 Å². The first kappa shape index (κ1) is 10.4. The molecule has 1 aromatic heterocycles. The molecule has 0 bridgehead atoms. The molecular formula is C11H9FN2O2. The minimum Gasteiger partial charge on any atom is -0.508 e. The predicted octanol–water partition coefficient (Wildman–Crippen LogP) is 2.00. The molecule has 2 aromatic rings. The van der Waals surface area contributed by atoms with Crippen molar-refractivity contribution in [3.63, 3.8) is 0 Å². The lowest BCUT2D eigenvalue weighted by Gasteiger charge is -2.03. The maximum Gasteiger partial charge on any atom is 0.316 e. The highest BCUT2D eigenvalue weighted by molar-refractivity contribution is 5.63. The summed E-state index contributed by atoms with van der Waals surface area (Å²) in [5.74, 6) is -0.642. The van der Waals surface area contributed by atoms with Crippen molar-refractivity contribution in [3.05, 3.63) is 36.4 Å². The Morgan fingerprint density at radius 1 is 1.12 bits per heavy atom. The van der Waals surface area contributed by atoms with Crippen LogP contribution in [0.3, 0.4) is 0 Å². The number of ether oxygens (including phenoxy) is 1. The van der Waals surface area contributed by atoms with Crippen LogP contribution in [0.1, 0.15) is 0 Å². The van der Waals surface area contributed by atoms with Gasteiger partial charge >= 0.3 is 6.01 Å². The minimum atomic E-state index is -0.509. The van der Waals surface area contributed by atoms with E-state index in [1.165, 1.54) is 31.6 Å². The van der Waals surface area contributed by atoms with E-state index in [1.807, 2.05) is 0 Å². The van der Waals surface area contributed by atoms with Crippen molar-refractivity contribution in [1.29, 1.82) is 0 Å². The molecule has 0 atom stereocenters. The number of rotatable bonds is 2. The molecule has 2 rings (SSSR count). The van der Waals surface area contributed by atoms with Crippen molar-refractivity contribution in [3.8, 4) is 22.9 Å². The van der Waals surface area contributed by atoms with Crippen LogP contribution in [0.25, 0.3) is 11.1 Å². The Kier molecular flexibility index (Phi) is 2.68. The van der Waals surface area contributed by atoms with Gasteiger partial charge in [0.1, 0.15) is 11.6 Å². The Morgan fingerprint density at radius 2 is 1.81 bits per heavy atom. The fourth-order valence-electron chi connectivity index (χ4n) is 1.31. The van der Waals surface area contributed by atoms with E-state index in [2.05, 4.69) is 9.97 Å². The maximum absolute atomic E-state index is 13.0. The molecule has 0 fully saturated rings. The second-order valence-electron chi connectivity index (χ2n) is 3.16. The molecule has 5 heteroatoms. The zero-order chi connectivity index (χ0) is 11.5. The lowest BCUT2D eigenvalue weighted by atomic mass is 10.1. The molecule has 82 valence electrons. The number of methoxy groups -OCH3 is 1. The quantitative estimate of drug-likeness (QED) is 0.840. The summed E-state index contributed by atoms with van der Waals surface area (Å²) in [5.41, 5.74) is 1.12. The number of nitrogens with zero attached hydrogens (tertiary/aromatic N) is 2. The van der Waals surface area contributed by atoms with Crippen molar-refractivity contribution in [2.45, 2.75) is 0 Å². The molecule has 0 radical (unpaired) electrons. The monoisotopic (exact) mass is 220 g/mol. The van der Waals surface area contributed by atoms with Gasteiger partial charge < -0.3 is 9.84 Å². The summed E-state index contributed by atoms with van der Waals surface area (Å²) in [5, 5.41) is 9.25. The van der Waals surface area contributed by atoms with Gasteiger partial charge in [-0.25, -0.2) is 14.4 Å². The van der Waals surface area contributed by atoms with Crippen LogP contribution in [0.2, 0.25) is 0 Å². The zero-order valence-electron chi connectivity index (χ0n) is 8.51. The lowest BCUT2D eigenvalue weighted by molar-refractivity contribution is 0.380. The molecule has 1 heterocycles. The lowest BCUT2D eigenvalue weighted by Crippen LogP contribution is -1.91. The molecule has 0 amide bonds. The molecule has 0 spiro atoms. The van der Waals surface area contributed by atoms with Gasteiger partial charge in [-0.1, -0.05) is 0 Å². The molecule has 0 aliphatic rings. The summed E-state index contributed by atoms with van der Waals surface area (Å²) in [6.45, 7) is 0. The van der Waals surface area contributed by atoms with Gasteiger partial charge in [-0.05, 0) is 17.7 Å². The molecule has 4 nitrogen and oxygen atoms in total. The molecule has 0 saturated heterocycles. The minimum absolute atomic E-state index is 0.134. The average molecular weight is 220 g/mol. The normalized spacial score (nSPS) is 10.1. The van der Waals surface area contributed by atoms with Crippen molar-refractivity contribution >= 4 is 0 Å². The number of phenols is 1. The van der Waals surface area contributed by atoms with Gasteiger partial charge in [-0.2, -0.15) is 0 Å². The predicted molar refractivity (Wildman–Crippen MR) is 55.6 cm³/mol. The van der Waals surface area contributed by atoms with E-state index in [0.717, 1.165) is 6.07 Å². The second kappa shape index (κ2) is 4.14.